The molecule has 0 bridgehead atoms. The van der Waals surface area contributed by atoms with Gasteiger partial charge in [0.15, 0.2) is 5.76 Å². The number of carbonyl (C=O) groups is 2. The maximum atomic E-state index is 12.4. The Balaban J connectivity index is 2.03. The van der Waals surface area contributed by atoms with Crippen LogP contribution in [0.4, 0.5) is 0 Å². The molecule has 25 heavy (non-hydrogen) atoms. The van der Waals surface area contributed by atoms with Crippen molar-refractivity contribution in [2.45, 2.75) is 33.8 Å². The largest absolute Gasteiger partial charge is 0.485 e. The van der Waals surface area contributed by atoms with Crippen molar-refractivity contribution in [3.05, 3.63) is 53.0 Å². The van der Waals surface area contributed by atoms with Gasteiger partial charge in [-0.05, 0) is 44.0 Å². The van der Waals surface area contributed by atoms with Crippen molar-refractivity contribution in [2.24, 2.45) is 0 Å². The molecule has 0 spiro atoms. The summed E-state index contributed by atoms with van der Waals surface area (Å²) in [5.74, 6) is -0.0915. The third kappa shape index (κ3) is 5.11. The number of furan rings is 1. The Bertz CT molecular complexity index is 750. The predicted molar refractivity (Wildman–Crippen MR) is 92.8 cm³/mol. The van der Waals surface area contributed by atoms with E-state index in [-0.39, 0.29) is 18.9 Å². The number of aryl methyl sites for hydroxylation is 2. The summed E-state index contributed by atoms with van der Waals surface area (Å²) in [6.07, 6.45) is 0.669. The van der Waals surface area contributed by atoms with Crippen LogP contribution in [0, 0.1) is 13.8 Å². The molecule has 0 aliphatic carbocycles. The molecule has 1 amide bonds. The Hall–Kier alpha value is -2.76. The molecule has 0 atom stereocenters. The van der Waals surface area contributed by atoms with Gasteiger partial charge in [-0.25, -0.2) is 0 Å². The molecule has 2 rings (SSSR count). The lowest BCUT2D eigenvalue weighted by Crippen LogP contribution is -2.36. The molecule has 0 aliphatic rings. The van der Waals surface area contributed by atoms with Crippen LogP contribution in [-0.2, 0) is 11.4 Å². The van der Waals surface area contributed by atoms with Crippen LogP contribution in [-0.4, -0.2) is 35.0 Å². The third-order valence-corrected chi connectivity index (χ3v) is 3.68. The van der Waals surface area contributed by atoms with Gasteiger partial charge in [-0.2, -0.15) is 0 Å². The van der Waals surface area contributed by atoms with E-state index >= 15 is 0 Å². The lowest BCUT2D eigenvalue weighted by Gasteiger charge is -2.18. The molecule has 0 saturated heterocycles. The van der Waals surface area contributed by atoms with Crippen LogP contribution in [0.15, 0.2) is 34.7 Å². The van der Waals surface area contributed by atoms with Crippen molar-refractivity contribution >= 4 is 11.9 Å². The van der Waals surface area contributed by atoms with Crippen LogP contribution in [0.2, 0.25) is 0 Å². The number of hydrogen-bond acceptors (Lipinski definition) is 4. The van der Waals surface area contributed by atoms with E-state index in [1.165, 1.54) is 4.90 Å². The van der Waals surface area contributed by atoms with Crippen molar-refractivity contribution in [3.8, 4) is 5.75 Å². The summed E-state index contributed by atoms with van der Waals surface area (Å²) in [7, 11) is 0. The van der Waals surface area contributed by atoms with Crippen LogP contribution in [0.25, 0.3) is 0 Å². The van der Waals surface area contributed by atoms with Crippen LogP contribution in [0.5, 0.6) is 5.75 Å². The molecule has 1 aromatic heterocycles. The smallest absolute Gasteiger partial charge is 0.323 e. The number of rotatable bonds is 8. The molecule has 0 aliphatic heterocycles. The third-order valence-electron chi connectivity index (χ3n) is 3.68. The van der Waals surface area contributed by atoms with E-state index in [4.69, 9.17) is 14.3 Å². The number of aliphatic carboxylic acids is 1. The van der Waals surface area contributed by atoms with Crippen LogP contribution in [0.3, 0.4) is 0 Å². The standard InChI is InChI=1S/C19H23NO5/c1-4-9-20(11-18(21)22)19(23)17-8-6-15(25-17)12-24-16-7-5-13(2)10-14(16)3/h5-8,10H,4,9,11-12H2,1-3H3,(H,21,22). The number of hydrogen-bond donors (Lipinski definition) is 1. The van der Waals surface area contributed by atoms with Crippen LogP contribution in [0.1, 0.15) is 40.8 Å². The second-order valence-corrected chi connectivity index (χ2v) is 5.94. The van der Waals surface area contributed by atoms with Gasteiger partial charge in [-0.15, -0.1) is 0 Å². The SMILES string of the molecule is CCCN(CC(=O)O)C(=O)c1ccc(COc2ccc(C)cc2C)o1. The first kappa shape index (κ1) is 18.6. The fraction of sp³-hybridized carbons (Fsp3) is 0.368. The van der Waals surface area contributed by atoms with Crippen molar-refractivity contribution in [3.63, 3.8) is 0 Å². The maximum absolute atomic E-state index is 12.4. The highest BCUT2D eigenvalue weighted by Gasteiger charge is 2.21. The highest BCUT2D eigenvalue weighted by Crippen LogP contribution is 2.21. The van der Waals surface area contributed by atoms with Gasteiger partial charge in [-0.3, -0.25) is 9.59 Å². The average Bonchev–Trinajstić information content (AvgIpc) is 3.01. The molecule has 1 aromatic carbocycles. The highest BCUT2D eigenvalue weighted by molar-refractivity contribution is 5.93. The summed E-state index contributed by atoms with van der Waals surface area (Å²) >= 11 is 0. The number of benzene rings is 1. The summed E-state index contributed by atoms with van der Waals surface area (Å²) in [5, 5.41) is 8.92. The molecule has 134 valence electrons. The zero-order valence-corrected chi connectivity index (χ0v) is 14.7. The second kappa shape index (κ2) is 8.37. The molecule has 1 heterocycles. The first-order chi connectivity index (χ1) is 11.9. The maximum Gasteiger partial charge on any atom is 0.323 e. The normalized spacial score (nSPS) is 10.5. The molecular formula is C19H23NO5. The van der Waals surface area contributed by atoms with E-state index in [1.807, 2.05) is 39.0 Å². The average molecular weight is 345 g/mol. The van der Waals surface area contributed by atoms with Gasteiger partial charge in [0.05, 0.1) is 0 Å². The van der Waals surface area contributed by atoms with Crippen molar-refractivity contribution in [1.82, 2.24) is 4.90 Å². The lowest BCUT2D eigenvalue weighted by atomic mass is 10.1. The number of ether oxygens (including phenoxy) is 1. The van der Waals surface area contributed by atoms with E-state index in [2.05, 4.69) is 0 Å². The van der Waals surface area contributed by atoms with Gasteiger partial charge < -0.3 is 19.2 Å². The number of carbonyl (C=O) groups excluding carboxylic acids is 1. The molecule has 0 saturated carbocycles. The summed E-state index contributed by atoms with van der Waals surface area (Å²) in [4.78, 5) is 24.5. The van der Waals surface area contributed by atoms with Gasteiger partial charge in [0.25, 0.3) is 5.91 Å². The summed E-state index contributed by atoms with van der Waals surface area (Å²) in [6.45, 7) is 6.08. The minimum absolute atomic E-state index is 0.119. The Morgan fingerprint density at radius 1 is 1.20 bits per heavy atom. The lowest BCUT2D eigenvalue weighted by molar-refractivity contribution is -0.137. The Morgan fingerprint density at radius 2 is 1.96 bits per heavy atom. The minimum atomic E-state index is -1.05. The van der Waals surface area contributed by atoms with E-state index in [1.54, 1.807) is 12.1 Å². The van der Waals surface area contributed by atoms with Gasteiger partial charge in [0, 0.05) is 6.54 Å². The summed E-state index contributed by atoms with van der Waals surface area (Å²) in [6, 6.07) is 9.11. The van der Waals surface area contributed by atoms with Crippen LogP contribution >= 0.6 is 0 Å². The highest BCUT2D eigenvalue weighted by atomic mass is 16.5. The van der Waals surface area contributed by atoms with Crippen molar-refractivity contribution in [2.75, 3.05) is 13.1 Å². The molecule has 2 aromatic rings. The van der Waals surface area contributed by atoms with E-state index < -0.39 is 11.9 Å². The molecule has 0 fully saturated rings. The summed E-state index contributed by atoms with van der Waals surface area (Å²) < 4.78 is 11.3. The van der Waals surface area contributed by atoms with E-state index in [0.29, 0.717) is 18.7 Å². The molecule has 6 heteroatoms. The van der Waals surface area contributed by atoms with Crippen molar-refractivity contribution in [1.29, 1.82) is 0 Å². The fourth-order valence-electron chi connectivity index (χ4n) is 2.52. The first-order valence-corrected chi connectivity index (χ1v) is 8.20. The Kier molecular flexibility index (Phi) is 6.22. The molecule has 0 unspecified atom stereocenters. The van der Waals surface area contributed by atoms with Crippen LogP contribution < -0.4 is 4.74 Å². The molecule has 0 radical (unpaired) electrons. The summed E-state index contributed by atoms with van der Waals surface area (Å²) in [5.41, 5.74) is 2.18. The van der Waals surface area contributed by atoms with Gasteiger partial charge >= 0.3 is 5.97 Å². The predicted octanol–water partition coefficient (Wildman–Crippen LogP) is 3.41. The van der Waals surface area contributed by atoms with E-state index in [0.717, 1.165) is 16.9 Å². The quantitative estimate of drug-likeness (QED) is 0.793. The van der Waals surface area contributed by atoms with Gasteiger partial charge in [-0.1, -0.05) is 24.6 Å². The van der Waals surface area contributed by atoms with Crippen molar-refractivity contribution < 1.29 is 23.8 Å². The zero-order chi connectivity index (χ0) is 18.4. The van der Waals surface area contributed by atoms with Gasteiger partial charge in [0.1, 0.15) is 24.7 Å². The monoisotopic (exact) mass is 345 g/mol. The number of carboxylic acid groups (broad SMARTS) is 1. The molecule has 6 nitrogen and oxygen atoms in total. The Labute approximate surface area is 147 Å². The van der Waals surface area contributed by atoms with E-state index in [9.17, 15) is 9.59 Å². The number of carboxylic acids is 1. The molecular weight excluding hydrogens is 322 g/mol. The minimum Gasteiger partial charge on any atom is -0.485 e. The Morgan fingerprint density at radius 3 is 2.60 bits per heavy atom. The second-order valence-electron chi connectivity index (χ2n) is 5.94. The fourth-order valence-corrected chi connectivity index (χ4v) is 2.52. The zero-order valence-electron chi connectivity index (χ0n) is 14.7. The molecule has 1 N–H and O–H groups in total. The van der Waals surface area contributed by atoms with Gasteiger partial charge in [0.2, 0.25) is 0 Å². The number of nitrogens with zero attached hydrogens (tertiary/aromatic N) is 1. The first-order valence-electron chi connectivity index (χ1n) is 8.20. The number of amides is 1. The topological polar surface area (TPSA) is 80.0 Å².